The van der Waals surface area contributed by atoms with Crippen LogP contribution in [0.4, 0.5) is 14.5 Å². The maximum Gasteiger partial charge on any atom is 0.150 e. The van der Waals surface area contributed by atoms with E-state index in [-0.39, 0.29) is 17.8 Å². The number of nitrogens with one attached hydrogen (secondary N) is 1. The fourth-order valence-corrected chi connectivity index (χ4v) is 1.41. The first-order valence-electron chi connectivity index (χ1n) is 5.10. The molecule has 0 aliphatic rings. The molecule has 1 aromatic carbocycles. The van der Waals surface area contributed by atoms with Crippen LogP contribution in [0.5, 0.6) is 0 Å². The van der Waals surface area contributed by atoms with Crippen molar-refractivity contribution in [2.75, 3.05) is 5.32 Å². The summed E-state index contributed by atoms with van der Waals surface area (Å²) < 4.78 is 27.0. The van der Waals surface area contributed by atoms with E-state index in [0.717, 1.165) is 12.1 Å². The highest BCUT2D eigenvalue weighted by atomic mass is 19.1. The molecule has 0 saturated carbocycles. The fraction of sp³-hybridized carbons (Fsp3) is 0.0833. The zero-order chi connectivity index (χ0) is 13.0. The second-order valence-corrected chi connectivity index (χ2v) is 3.50. The molecule has 0 spiro atoms. The number of nitriles is 1. The van der Waals surface area contributed by atoms with Crippen LogP contribution in [0.1, 0.15) is 11.3 Å². The summed E-state index contributed by atoms with van der Waals surface area (Å²) in [6.45, 7) is 0.146. The lowest BCUT2D eigenvalue weighted by Gasteiger charge is -2.08. The van der Waals surface area contributed by atoms with Crippen LogP contribution in [0, 0.1) is 23.0 Å². The summed E-state index contributed by atoms with van der Waals surface area (Å²) in [6, 6.07) is 6.98. The van der Waals surface area contributed by atoms with Gasteiger partial charge in [0.25, 0.3) is 0 Å². The van der Waals surface area contributed by atoms with Gasteiger partial charge in [0.1, 0.15) is 5.69 Å². The average molecular weight is 246 g/mol. The Morgan fingerprint density at radius 2 is 2.00 bits per heavy atom. The Morgan fingerprint density at radius 1 is 1.28 bits per heavy atom. The second kappa shape index (κ2) is 5.19. The van der Waals surface area contributed by atoms with Crippen molar-refractivity contribution in [3.63, 3.8) is 0 Å². The van der Waals surface area contributed by atoms with Gasteiger partial charge in [-0.3, -0.25) is 0 Å². The molecule has 0 unspecified atom stereocenters. The van der Waals surface area contributed by atoms with E-state index >= 15 is 0 Å². The van der Waals surface area contributed by atoms with Crippen LogP contribution >= 0.6 is 0 Å². The lowest BCUT2D eigenvalue weighted by atomic mass is 10.2. The molecule has 4 nitrogen and oxygen atoms in total. The first-order chi connectivity index (χ1) is 8.70. The van der Waals surface area contributed by atoms with E-state index in [1.54, 1.807) is 18.2 Å². The molecule has 2 aromatic rings. The topological polar surface area (TPSA) is 61.6 Å². The molecule has 0 atom stereocenters. The molecule has 6 heteroatoms. The number of halogens is 2. The first-order valence-corrected chi connectivity index (χ1v) is 5.10. The summed E-state index contributed by atoms with van der Waals surface area (Å²) in [5.41, 5.74) is 0.218. The fourth-order valence-electron chi connectivity index (χ4n) is 1.41. The Kier molecular flexibility index (Phi) is 3.44. The third-order valence-electron chi connectivity index (χ3n) is 2.25. The predicted octanol–water partition coefficient (Wildman–Crippen LogP) is 2.24. The van der Waals surface area contributed by atoms with Crippen molar-refractivity contribution in [3.8, 4) is 6.07 Å². The van der Waals surface area contributed by atoms with Crippen molar-refractivity contribution in [3.05, 3.63) is 53.4 Å². The van der Waals surface area contributed by atoms with Crippen LogP contribution in [0.15, 0.2) is 30.5 Å². The maximum absolute atomic E-state index is 13.5. The molecule has 1 heterocycles. The van der Waals surface area contributed by atoms with Gasteiger partial charge in [0, 0.05) is 6.20 Å². The highest BCUT2D eigenvalue weighted by Gasteiger charge is 2.11. The zero-order valence-corrected chi connectivity index (χ0v) is 9.19. The van der Waals surface area contributed by atoms with Gasteiger partial charge in [0.2, 0.25) is 0 Å². The molecule has 90 valence electrons. The monoisotopic (exact) mass is 246 g/mol. The molecule has 1 N–H and O–H groups in total. The minimum absolute atomic E-state index is 0.0601. The van der Waals surface area contributed by atoms with Crippen LogP contribution in [0.25, 0.3) is 0 Å². The average Bonchev–Trinajstić information content (AvgIpc) is 2.38. The van der Waals surface area contributed by atoms with Gasteiger partial charge in [-0.1, -0.05) is 0 Å². The Morgan fingerprint density at radius 3 is 2.56 bits per heavy atom. The highest BCUT2D eigenvalue weighted by molar-refractivity contribution is 5.50. The van der Waals surface area contributed by atoms with E-state index in [0.29, 0.717) is 5.69 Å². The van der Waals surface area contributed by atoms with Gasteiger partial charge >= 0.3 is 0 Å². The molecular formula is C12H8F2N4. The number of nitrogens with zero attached hydrogens (tertiary/aromatic N) is 3. The molecule has 0 saturated heterocycles. The molecule has 0 fully saturated rings. The van der Waals surface area contributed by atoms with Crippen molar-refractivity contribution in [1.82, 2.24) is 10.2 Å². The molecule has 0 amide bonds. The molecule has 0 bridgehead atoms. The smallest absolute Gasteiger partial charge is 0.150 e. The van der Waals surface area contributed by atoms with Crippen molar-refractivity contribution in [1.29, 1.82) is 5.26 Å². The van der Waals surface area contributed by atoms with Gasteiger partial charge in [-0.25, -0.2) is 8.78 Å². The van der Waals surface area contributed by atoms with E-state index < -0.39 is 11.6 Å². The minimum Gasteiger partial charge on any atom is -0.375 e. The van der Waals surface area contributed by atoms with Crippen LogP contribution in [0.2, 0.25) is 0 Å². The van der Waals surface area contributed by atoms with E-state index in [1.807, 2.05) is 0 Å². The lowest BCUT2D eigenvalue weighted by Crippen LogP contribution is -2.06. The number of benzene rings is 1. The summed E-state index contributed by atoms with van der Waals surface area (Å²) in [6.07, 6.45) is 1.51. The summed E-state index contributed by atoms with van der Waals surface area (Å²) in [4.78, 5) is 0. The van der Waals surface area contributed by atoms with Gasteiger partial charge < -0.3 is 5.32 Å². The van der Waals surface area contributed by atoms with Crippen molar-refractivity contribution >= 4 is 5.69 Å². The Labute approximate surface area is 102 Å². The van der Waals surface area contributed by atoms with Crippen LogP contribution in [-0.4, -0.2) is 10.2 Å². The standard InChI is InChI=1S/C12H8F2N4/c13-10-4-8(6-15)5-11(14)12(10)16-7-9-2-1-3-17-18-9/h1-5,16H,7H2. The second-order valence-electron chi connectivity index (χ2n) is 3.50. The third kappa shape index (κ3) is 2.58. The van der Waals surface area contributed by atoms with Gasteiger partial charge in [0.05, 0.1) is 23.9 Å². The first kappa shape index (κ1) is 11.9. The maximum atomic E-state index is 13.5. The Bertz CT molecular complexity index is 570. The highest BCUT2D eigenvalue weighted by Crippen LogP contribution is 2.20. The normalized spacial score (nSPS) is 9.83. The zero-order valence-electron chi connectivity index (χ0n) is 9.19. The SMILES string of the molecule is N#Cc1cc(F)c(NCc2cccnn2)c(F)c1. The van der Waals surface area contributed by atoms with Gasteiger partial charge in [-0.15, -0.1) is 0 Å². The summed E-state index contributed by atoms with van der Waals surface area (Å²) in [5.74, 6) is -1.62. The van der Waals surface area contributed by atoms with E-state index in [4.69, 9.17) is 5.26 Å². The molecule has 0 aliphatic carbocycles. The summed E-state index contributed by atoms with van der Waals surface area (Å²) in [7, 11) is 0. The lowest BCUT2D eigenvalue weighted by molar-refractivity contribution is 0.587. The molecule has 2 rings (SSSR count). The molecule has 0 radical (unpaired) electrons. The molecule has 18 heavy (non-hydrogen) atoms. The van der Waals surface area contributed by atoms with Crippen LogP contribution in [-0.2, 0) is 6.54 Å². The third-order valence-corrected chi connectivity index (χ3v) is 2.25. The van der Waals surface area contributed by atoms with E-state index in [1.165, 1.54) is 6.20 Å². The quantitative estimate of drug-likeness (QED) is 0.902. The number of hydrogen-bond donors (Lipinski definition) is 1. The summed E-state index contributed by atoms with van der Waals surface area (Å²) in [5, 5.41) is 18.6. The number of hydrogen-bond acceptors (Lipinski definition) is 4. The number of aromatic nitrogens is 2. The Balaban J connectivity index is 2.18. The largest absolute Gasteiger partial charge is 0.375 e. The predicted molar refractivity (Wildman–Crippen MR) is 60.4 cm³/mol. The van der Waals surface area contributed by atoms with Crippen molar-refractivity contribution < 1.29 is 8.78 Å². The van der Waals surface area contributed by atoms with Crippen molar-refractivity contribution in [2.24, 2.45) is 0 Å². The van der Waals surface area contributed by atoms with Gasteiger partial charge in [-0.2, -0.15) is 15.5 Å². The Hall–Kier alpha value is -2.55. The number of rotatable bonds is 3. The minimum atomic E-state index is -0.810. The number of anilines is 1. The van der Waals surface area contributed by atoms with Crippen LogP contribution < -0.4 is 5.32 Å². The van der Waals surface area contributed by atoms with Gasteiger partial charge in [0.15, 0.2) is 11.6 Å². The van der Waals surface area contributed by atoms with E-state index in [2.05, 4.69) is 15.5 Å². The van der Waals surface area contributed by atoms with Crippen LogP contribution in [0.3, 0.4) is 0 Å². The summed E-state index contributed by atoms with van der Waals surface area (Å²) >= 11 is 0. The molecule has 0 aliphatic heterocycles. The molecular weight excluding hydrogens is 238 g/mol. The van der Waals surface area contributed by atoms with Gasteiger partial charge in [-0.05, 0) is 24.3 Å². The molecule has 1 aromatic heterocycles. The van der Waals surface area contributed by atoms with Crippen molar-refractivity contribution in [2.45, 2.75) is 6.54 Å². The van der Waals surface area contributed by atoms with E-state index in [9.17, 15) is 8.78 Å².